The lowest BCUT2D eigenvalue weighted by Crippen LogP contribution is -2.37. The molecule has 0 heterocycles. The van der Waals surface area contributed by atoms with Crippen LogP contribution >= 0.6 is 11.6 Å². The van der Waals surface area contributed by atoms with Crippen LogP contribution in [0.1, 0.15) is 16.7 Å². The maximum Gasteiger partial charge on any atom is 0.243 e. The molecule has 0 atom stereocenters. The highest BCUT2D eigenvalue weighted by Gasteiger charge is 2.27. The van der Waals surface area contributed by atoms with Crippen molar-refractivity contribution >= 4 is 33.2 Å². The van der Waals surface area contributed by atoms with Crippen molar-refractivity contribution in [2.45, 2.75) is 25.0 Å². The van der Waals surface area contributed by atoms with Gasteiger partial charge in [0.05, 0.1) is 11.4 Å². The molecule has 37 heavy (non-hydrogen) atoms. The van der Waals surface area contributed by atoms with Gasteiger partial charge in [0.2, 0.25) is 15.9 Å². The van der Waals surface area contributed by atoms with Crippen LogP contribution in [0.3, 0.4) is 0 Å². The van der Waals surface area contributed by atoms with Crippen molar-refractivity contribution < 1.29 is 17.9 Å². The van der Waals surface area contributed by atoms with Gasteiger partial charge in [-0.1, -0.05) is 71.8 Å². The molecule has 0 saturated heterocycles. The molecule has 0 aliphatic heterocycles. The van der Waals surface area contributed by atoms with Crippen LogP contribution in [0, 0.1) is 6.92 Å². The van der Waals surface area contributed by atoms with E-state index in [0.717, 1.165) is 21.0 Å². The lowest BCUT2D eigenvalue weighted by atomic mass is 10.1. The van der Waals surface area contributed by atoms with Gasteiger partial charge in [0.1, 0.15) is 12.4 Å². The third-order valence-electron chi connectivity index (χ3n) is 5.60. The number of hydrogen-bond acceptors (Lipinski definition) is 4. The number of nitrogens with zero attached hydrogens (tertiary/aromatic N) is 1. The molecule has 0 fully saturated rings. The third-order valence-corrected chi connectivity index (χ3v) is 7.66. The second kappa shape index (κ2) is 12.1. The number of aryl methyl sites for hydroxylation is 1. The predicted octanol–water partition coefficient (Wildman–Crippen LogP) is 6.06. The topological polar surface area (TPSA) is 75.7 Å². The minimum absolute atomic E-state index is 0.0479. The van der Waals surface area contributed by atoms with E-state index in [-0.39, 0.29) is 18.0 Å². The second-order valence-corrected chi connectivity index (χ2v) is 10.9. The number of ether oxygens (including phenoxy) is 1. The van der Waals surface area contributed by atoms with Crippen LogP contribution in [0.5, 0.6) is 5.75 Å². The lowest BCUT2D eigenvalue weighted by molar-refractivity contribution is -0.116. The Morgan fingerprint density at radius 2 is 1.54 bits per heavy atom. The molecule has 4 aromatic rings. The molecule has 8 heteroatoms. The number of hydrogen-bond donors (Lipinski definition) is 1. The summed E-state index contributed by atoms with van der Waals surface area (Å²) in [7, 11) is -3.96. The van der Waals surface area contributed by atoms with Crippen LogP contribution in [0.4, 0.5) is 5.69 Å². The van der Waals surface area contributed by atoms with Gasteiger partial charge in [-0.05, 0) is 66.6 Å². The van der Waals surface area contributed by atoms with Crippen LogP contribution in [-0.4, -0.2) is 25.2 Å². The molecule has 1 N–H and O–H groups in total. The molecule has 1 amide bonds. The summed E-state index contributed by atoms with van der Waals surface area (Å²) >= 11 is 5.94. The summed E-state index contributed by atoms with van der Waals surface area (Å²) < 4.78 is 33.8. The van der Waals surface area contributed by atoms with Gasteiger partial charge in [-0.25, -0.2) is 8.42 Å². The third kappa shape index (κ3) is 7.43. The van der Waals surface area contributed by atoms with Crippen molar-refractivity contribution in [1.29, 1.82) is 0 Å². The van der Waals surface area contributed by atoms with Crippen molar-refractivity contribution in [3.8, 4) is 5.75 Å². The normalized spacial score (nSPS) is 11.3. The zero-order valence-corrected chi connectivity index (χ0v) is 21.9. The Kier molecular flexibility index (Phi) is 8.61. The van der Waals surface area contributed by atoms with Gasteiger partial charge in [0.15, 0.2) is 0 Å². The van der Waals surface area contributed by atoms with Gasteiger partial charge in [-0.2, -0.15) is 4.31 Å². The minimum Gasteiger partial charge on any atom is -0.489 e. The number of benzene rings is 4. The molecule has 4 rings (SSSR count). The summed E-state index contributed by atoms with van der Waals surface area (Å²) in [5, 5.41) is 3.21. The number of halogens is 1. The number of anilines is 1. The zero-order valence-electron chi connectivity index (χ0n) is 20.3. The number of rotatable bonds is 10. The van der Waals surface area contributed by atoms with E-state index in [4.69, 9.17) is 16.3 Å². The number of amides is 1. The molecule has 0 aliphatic rings. The van der Waals surface area contributed by atoms with Crippen molar-refractivity contribution in [3.05, 3.63) is 125 Å². The fourth-order valence-electron chi connectivity index (χ4n) is 3.73. The van der Waals surface area contributed by atoms with Crippen LogP contribution in [-0.2, 0) is 28.0 Å². The number of carbonyl (C=O) groups excluding carboxylic acids is 1. The van der Waals surface area contributed by atoms with Crippen molar-refractivity contribution in [1.82, 2.24) is 4.31 Å². The average molecular weight is 535 g/mol. The van der Waals surface area contributed by atoms with E-state index in [2.05, 4.69) is 5.32 Å². The van der Waals surface area contributed by atoms with Crippen LogP contribution in [0.2, 0.25) is 5.02 Å². The standard InChI is InChI=1S/C29H27ClN2O4S/c1-22-6-5-9-24(18-22)19-32(37(34,35)28-16-10-25(30)11-17-28)20-29(33)31-26-12-14-27(15-13-26)36-21-23-7-3-2-4-8-23/h2-18H,19-21H2,1H3,(H,31,33). The Labute approximate surface area is 222 Å². The van der Waals surface area contributed by atoms with E-state index in [1.54, 1.807) is 24.3 Å². The largest absolute Gasteiger partial charge is 0.489 e. The predicted molar refractivity (Wildman–Crippen MR) is 146 cm³/mol. The Morgan fingerprint density at radius 3 is 2.22 bits per heavy atom. The maximum atomic E-state index is 13.4. The van der Waals surface area contributed by atoms with Gasteiger partial charge in [-0.3, -0.25) is 4.79 Å². The first-order chi connectivity index (χ1) is 17.8. The molecule has 0 bridgehead atoms. The van der Waals surface area contributed by atoms with Crippen LogP contribution < -0.4 is 10.1 Å². The molecule has 190 valence electrons. The summed E-state index contributed by atoms with van der Waals surface area (Å²) in [5.74, 6) is 0.205. The Balaban J connectivity index is 1.46. The van der Waals surface area contributed by atoms with Crippen LogP contribution in [0.15, 0.2) is 108 Å². The van der Waals surface area contributed by atoms with Gasteiger partial charge in [0.25, 0.3) is 0 Å². The highest BCUT2D eigenvalue weighted by Crippen LogP contribution is 2.22. The smallest absolute Gasteiger partial charge is 0.243 e. The van der Waals surface area contributed by atoms with Crippen molar-refractivity contribution in [3.63, 3.8) is 0 Å². The first-order valence-corrected chi connectivity index (χ1v) is 13.5. The molecule has 6 nitrogen and oxygen atoms in total. The minimum atomic E-state index is -3.96. The summed E-state index contributed by atoms with van der Waals surface area (Å²) in [6, 6.07) is 30.2. The molecule has 0 saturated carbocycles. The van der Waals surface area contributed by atoms with Gasteiger partial charge in [-0.15, -0.1) is 0 Å². The fourth-order valence-corrected chi connectivity index (χ4v) is 5.24. The van der Waals surface area contributed by atoms with E-state index in [9.17, 15) is 13.2 Å². The van der Waals surface area contributed by atoms with E-state index in [1.165, 1.54) is 24.3 Å². The molecule has 0 spiro atoms. The molecule has 4 aromatic carbocycles. The van der Waals surface area contributed by atoms with E-state index >= 15 is 0 Å². The van der Waals surface area contributed by atoms with Crippen molar-refractivity contribution in [2.24, 2.45) is 0 Å². The average Bonchev–Trinajstić information content (AvgIpc) is 2.89. The lowest BCUT2D eigenvalue weighted by Gasteiger charge is -2.22. The number of carbonyl (C=O) groups is 1. The highest BCUT2D eigenvalue weighted by atomic mass is 35.5. The SMILES string of the molecule is Cc1cccc(CN(CC(=O)Nc2ccc(OCc3ccccc3)cc2)S(=O)(=O)c2ccc(Cl)cc2)c1. The van der Waals surface area contributed by atoms with Crippen LogP contribution in [0.25, 0.3) is 0 Å². The Hall–Kier alpha value is -3.65. The Morgan fingerprint density at radius 1 is 0.865 bits per heavy atom. The molecular formula is C29H27ClN2O4S. The fraction of sp³-hybridized carbons (Fsp3) is 0.138. The molecule has 0 aromatic heterocycles. The molecule has 0 aliphatic carbocycles. The maximum absolute atomic E-state index is 13.4. The number of nitrogens with one attached hydrogen (secondary N) is 1. The molecule has 0 radical (unpaired) electrons. The summed E-state index contributed by atoms with van der Waals surface area (Å²) in [4.78, 5) is 13.0. The monoisotopic (exact) mass is 534 g/mol. The van der Waals surface area contributed by atoms with Gasteiger partial charge in [0, 0.05) is 17.3 Å². The van der Waals surface area contributed by atoms with E-state index in [0.29, 0.717) is 23.1 Å². The van der Waals surface area contributed by atoms with E-state index < -0.39 is 15.9 Å². The zero-order chi connectivity index (χ0) is 26.3. The summed E-state index contributed by atoms with van der Waals surface area (Å²) in [6.45, 7) is 2.06. The first-order valence-electron chi connectivity index (χ1n) is 11.7. The van der Waals surface area contributed by atoms with Crippen molar-refractivity contribution in [2.75, 3.05) is 11.9 Å². The Bertz CT molecular complexity index is 1440. The molecular weight excluding hydrogens is 508 g/mol. The molecule has 0 unspecified atom stereocenters. The highest BCUT2D eigenvalue weighted by molar-refractivity contribution is 7.89. The quantitative estimate of drug-likeness (QED) is 0.268. The second-order valence-electron chi connectivity index (χ2n) is 8.56. The van der Waals surface area contributed by atoms with Gasteiger partial charge >= 0.3 is 0 Å². The summed E-state index contributed by atoms with van der Waals surface area (Å²) in [5.41, 5.74) is 3.37. The summed E-state index contributed by atoms with van der Waals surface area (Å²) in [6.07, 6.45) is 0. The number of sulfonamides is 1. The van der Waals surface area contributed by atoms with E-state index in [1.807, 2.05) is 61.5 Å². The first kappa shape index (κ1) is 26.4. The van der Waals surface area contributed by atoms with Gasteiger partial charge < -0.3 is 10.1 Å².